The molecule has 0 unspecified atom stereocenters. The van der Waals surface area contributed by atoms with Gasteiger partial charge in [-0.3, -0.25) is 4.79 Å². The highest BCUT2D eigenvalue weighted by atomic mass is 35.5. The first-order chi connectivity index (χ1) is 16.1. The summed E-state index contributed by atoms with van der Waals surface area (Å²) in [4.78, 5) is 18.2. The van der Waals surface area contributed by atoms with Crippen molar-refractivity contribution in [2.45, 2.75) is 24.0 Å². The lowest BCUT2D eigenvalue weighted by Gasteiger charge is -2.24. The van der Waals surface area contributed by atoms with Crippen molar-refractivity contribution in [3.63, 3.8) is 0 Å². The van der Waals surface area contributed by atoms with E-state index in [-0.39, 0.29) is 39.4 Å². The van der Waals surface area contributed by atoms with Gasteiger partial charge in [-0.05, 0) is 18.2 Å². The van der Waals surface area contributed by atoms with Gasteiger partial charge in [0.15, 0.2) is 0 Å². The first-order valence-electron chi connectivity index (χ1n) is 10.5. The van der Waals surface area contributed by atoms with E-state index in [0.717, 1.165) is 24.3 Å². The van der Waals surface area contributed by atoms with Crippen molar-refractivity contribution in [1.29, 1.82) is 0 Å². The molecule has 0 saturated carbocycles. The summed E-state index contributed by atoms with van der Waals surface area (Å²) in [6, 6.07) is 3.11. The maximum atomic E-state index is 14.1. The fourth-order valence-electron chi connectivity index (χ4n) is 4.15. The van der Waals surface area contributed by atoms with Crippen LogP contribution in [0.4, 0.5) is 17.6 Å². The number of alkyl halides is 3. The van der Waals surface area contributed by atoms with E-state index in [1.165, 1.54) is 10.6 Å². The van der Waals surface area contributed by atoms with Crippen molar-refractivity contribution in [1.82, 2.24) is 14.5 Å². The number of benzene rings is 2. The van der Waals surface area contributed by atoms with Gasteiger partial charge in [0.1, 0.15) is 17.4 Å². The van der Waals surface area contributed by atoms with Gasteiger partial charge in [-0.1, -0.05) is 17.7 Å². The molecule has 2 aromatic carbocycles. The van der Waals surface area contributed by atoms with E-state index in [1.54, 1.807) is 0 Å². The van der Waals surface area contributed by atoms with E-state index in [4.69, 9.17) is 15.7 Å². The number of carbonyl (C=O) groups excluding carboxylic acids is 1. The second kappa shape index (κ2) is 6.58. The van der Waals surface area contributed by atoms with Crippen LogP contribution in [-0.4, -0.2) is 41.3 Å². The number of nitrogens with zero attached hydrogens (tertiary/aromatic N) is 3. The molecule has 1 amide bonds. The Kier molecular flexibility index (Phi) is 3.63. The lowest BCUT2D eigenvalue weighted by Crippen LogP contribution is -2.31. The van der Waals surface area contributed by atoms with Gasteiger partial charge in [0, 0.05) is 34.7 Å². The van der Waals surface area contributed by atoms with Gasteiger partial charge in [0.2, 0.25) is 0 Å². The van der Waals surface area contributed by atoms with Gasteiger partial charge in [-0.25, -0.2) is 9.37 Å². The predicted molar refractivity (Wildman–Crippen MR) is 104 cm³/mol. The Morgan fingerprint density at radius 3 is 2.72 bits per heavy atom. The molecule has 0 aliphatic carbocycles. The van der Waals surface area contributed by atoms with Crippen LogP contribution in [0.15, 0.2) is 30.3 Å². The molecular formula is C19H12ClF4N3O4S. The Morgan fingerprint density at radius 2 is 2.03 bits per heavy atom. The summed E-state index contributed by atoms with van der Waals surface area (Å²) < 4.78 is 106. The summed E-state index contributed by atoms with van der Waals surface area (Å²) in [6.07, 6.45) is -0.170. The molecule has 0 radical (unpaired) electrons. The van der Waals surface area contributed by atoms with Gasteiger partial charge >= 0.3 is 15.6 Å². The topological polar surface area (TPSA) is 81.5 Å². The number of carbonyl (C=O) groups is 1. The predicted octanol–water partition coefficient (Wildman–Crippen LogP) is 4.18. The summed E-state index contributed by atoms with van der Waals surface area (Å²) in [5.74, 6) is -2.67. The summed E-state index contributed by atoms with van der Waals surface area (Å²) in [6.45, 7) is -3.00. The van der Waals surface area contributed by atoms with Gasteiger partial charge in [0.05, 0.1) is 28.1 Å². The van der Waals surface area contributed by atoms with Crippen LogP contribution in [-0.2, 0) is 10.1 Å². The zero-order valence-corrected chi connectivity index (χ0v) is 17.1. The minimum Gasteiger partial charge on any atom is -0.376 e. The number of rotatable bonds is 2. The molecule has 0 fully saturated rings. The van der Waals surface area contributed by atoms with Crippen LogP contribution in [0.3, 0.4) is 0 Å². The molecule has 1 aromatic heterocycles. The zero-order valence-electron chi connectivity index (χ0n) is 18.5. The van der Waals surface area contributed by atoms with Crippen molar-refractivity contribution >= 4 is 38.7 Å². The van der Waals surface area contributed by atoms with Crippen LogP contribution in [0.1, 0.15) is 44.4 Å². The Bertz CT molecular complexity index is 1520. The third kappa shape index (κ3) is 2.82. The standard InChI is InChI=1S/C19H12ClF4N3O4S/c1-26-14-7-13(27-12-5-9(20)10(21)6-11(12)25-17(14)27)16-8(18(26)28)3-2-4-15(16)31-32(29,30)19(22,23)24/h2-6,13-14H,7H2,1H3/t13-,14-/m1/s1/i1D3. The normalized spacial score (nSPS) is 22.1. The quantitative estimate of drug-likeness (QED) is 0.304. The Morgan fingerprint density at radius 1 is 1.28 bits per heavy atom. The third-order valence-electron chi connectivity index (χ3n) is 5.46. The SMILES string of the molecule is [2H]C([2H])([2H])N1C(=O)c2cccc(OS(=O)(=O)C(F)(F)F)c2[C@H]2C[C@@H]1c1nc3cc(F)c(Cl)cc3n12. The summed E-state index contributed by atoms with van der Waals surface area (Å²) >= 11 is 5.91. The monoisotopic (exact) mass is 492 g/mol. The number of fused-ring (bicyclic) bond motifs is 9. The van der Waals surface area contributed by atoms with E-state index in [1.807, 2.05) is 0 Å². The third-order valence-corrected chi connectivity index (χ3v) is 6.71. The minimum absolute atomic E-state index is 0.0234. The van der Waals surface area contributed by atoms with E-state index in [0.29, 0.717) is 4.90 Å². The second-order valence-electron chi connectivity index (χ2n) is 7.24. The van der Waals surface area contributed by atoms with Crippen LogP contribution < -0.4 is 4.18 Å². The van der Waals surface area contributed by atoms with Crippen LogP contribution in [0.2, 0.25) is 5.02 Å². The van der Waals surface area contributed by atoms with Crippen molar-refractivity contribution in [2.75, 3.05) is 6.98 Å². The van der Waals surface area contributed by atoms with Crippen molar-refractivity contribution in [2.24, 2.45) is 0 Å². The van der Waals surface area contributed by atoms with Gasteiger partial charge in [0.25, 0.3) is 5.91 Å². The number of hydrogen-bond donors (Lipinski definition) is 0. The van der Waals surface area contributed by atoms with E-state index in [2.05, 4.69) is 9.17 Å². The molecule has 5 rings (SSSR count). The first kappa shape index (κ1) is 17.7. The molecule has 32 heavy (non-hydrogen) atoms. The second-order valence-corrected chi connectivity index (χ2v) is 9.18. The molecule has 0 saturated heterocycles. The van der Waals surface area contributed by atoms with Gasteiger partial charge in [-0.15, -0.1) is 0 Å². The molecule has 13 heteroatoms. The smallest absolute Gasteiger partial charge is 0.376 e. The summed E-state index contributed by atoms with van der Waals surface area (Å²) in [5.41, 5.74) is -6.13. The van der Waals surface area contributed by atoms with E-state index >= 15 is 0 Å². The van der Waals surface area contributed by atoms with Crippen molar-refractivity contribution in [3.05, 3.63) is 58.1 Å². The Balaban J connectivity index is 1.83. The van der Waals surface area contributed by atoms with Crippen LogP contribution in [0.5, 0.6) is 5.75 Å². The maximum absolute atomic E-state index is 14.1. The average Bonchev–Trinajstić information content (AvgIpc) is 3.19. The Labute approximate surface area is 187 Å². The molecule has 3 heterocycles. The average molecular weight is 493 g/mol. The lowest BCUT2D eigenvalue weighted by atomic mass is 9.98. The Hall–Kier alpha value is -2.86. The molecular weight excluding hydrogens is 478 g/mol. The zero-order chi connectivity index (χ0) is 25.7. The van der Waals surface area contributed by atoms with E-state index in [9.17, 15) is 30.8 Å². The summed E-state index contributed by atoms with van der Waals surface area (Å²) in [7, 11) is -6.12. The van der Waals surface area contributed by atoms with Crippen molar-refractivity contribution in [3.8, 4) is 5.75 Å². The molecule has 2 bridgehead atoms. The van der Waals surface area contributed by atoms with Crippen LogP contribution >= 0.6 is 11.6 Å². The van der Waals surface area contributed by atoms with Gasteiger partial charge < -0.3 is 13.7 Å². The molecule has 0 N–H and O–H groups in total. The number of halogens is 5. The largest absolute Gasteiger partial charge is 0.534 e. The number of imidazole rings is 1. The van der Waals surface area contributed by atoms with Gasteiger partial charge in [-0.2, -0.15) is 21.6 Å². The molecule has 3 aromatic rings. The number of amides is 1. The number of aromatic nitrogens is 2. The fraction of sp³-hybridized carbons (Fsp3) is 0.263. The van der Waals surface area contributed by atoms with Crippen LogP contribution in [0, 0.1) is 5.82 Å². The van der Waals surface area contributed by atoms with Crippen LogP contribution in [0.25, 0.3) is 11.0 Å². The maximum Gasteiger partial charge on any atom is 0.534 e. The highest BCUT2D eigenvalue weighted by Gasteiger charge is 2.50. The number of hydrogen-bond acceptors (Lipinski definition) is 5. The summed E-state index contributed by atoms with van der Waals surface area (Å²) in [5, 5.41) is -0.298. The fourth-order valence-corrected chi connectivity index (χ4v) is 4.78. The molecule has 168 valence electrons. The molecule has 7 nitrogen and oxygen atoms in total. The molecule has 2 aliphatic heterocycles. The molecule has 0 spiro atoms. The highest BCUT2D eigenvalue weighted by Crippen LogP contribution is 2.50. The minimum atomic E-state index is -6.12. The molecule has 2 aliphatic rings. The van der Waals surface area contributed by atoms with Crippen molar-refractivity contribution < 1.29 is 39.1 Å². The van der Waals surface area contributed by atoms with E-state index < -0.39 is 52.2 Å². The highest BCUT2D eigenvalue weighted by molar-refractivity contribution is 7.88. The first-order valence-corrected chi connectivity index (χ1v) is 10.7. The lowest BCUT2D eigenvalue weighted by molar-refractivity contribution is -0.0500. The molecule has 2 atom stereocenters.